The zero-order valence-electron chi connectivity index (χ0n) is 30.9. The van der Waals surface area contributed by atoms with Gasteiger partial charge in [-0.15, -0.1) is 0 Å². The summed E-state index contributed by atoms with van der Waals surface area (Å²) in [6.45, 7) is 0. The van der Waals surface area contributed by atoms with Crippen molar-refractivity contribution in [3.05, 3.63) is 206 Å². The van der Waals surface area contributed by atoms with Gasteiger partial charge in [0.15, 0.2) is 5.58 Å². The number of para-hydroxylation sites is 3. The highest BCUT2D eigenvalue weighted by molar-refractivity contribution is 6.15. The first kappa shape index (κ1) is 31.7. The van der Waals surface area contributed by atoms with E-state index in [1.807, 2.05) is 6.07 Å². The lowest BCUT2D eigenvalue weighted by Crippen LogP contribution is -1.95. The second-order valence-electron chi connectivity index (χ2n) is 14.9. The van der Waals surface area contributed by atoms with E-state index in [4.69, 9.17) is 4.42 Å². The molecular formula is C54H34N2O. The molecule has 3 heterocycles. The van der Waals surface area contributed by atoms with Crippen molar-refractivity contribution in [2.75, 3.05) is 0 Å². The van der Waals surface area contributed by atoms with Gasteiger partial charge in [-0.3, -0.25) is 0 Å². The number of fused-ring (bicyclic) bond motifs is 9. The summed E-state index contributed by atoms with van der Waals surface area (Å²) in [5, 5.41) is 7.11. The number of hydrogen-bond acceptors (Lipinski definition) is 1. The first-order chi connectivity index (χ1) is 28.3. The predicted octanol–water partition coefficient (Wildman–Crippen LogP) is 14.8. The van der Waals surface area contributed by atoms with Crippen LogP contribution in [-0.2, 0) is 0 Å². The molecule has 0 spiro atoms. The number of benzene rings is 9. The minimum absolute atomic E-state index is 0.888. The first-order valence-electron chi connectivity index (χ1n) is 19.5. The Bertz CT molecular complexity index is 3500. The standard InChI is InChI=1S/C54H34N2O/c1-4-13-35(14-5-1)37-25-30-50-45(31-37)42-27-23-40(34-52(42)56(50)51-21-12-20-44-43-19-10-11-22-53(43)57-54(44)51)39-26-29-49-47(33-39)46-32-38(36-15-6-2-7-16-36)24-28-48(46)55(49)41-17-8-3-9-18-41/h1-34H. The third kappa shape index (κ3) is 4.92. The van der Waals surface area contributed by atoms with E-state index in [0.717, 1.165) is 49.9 Å². The van der Waals surface area contributed by atoms with Gasteiger partial charge in [0.1, 0.15) is 5.58 Å². The van der Waals surface area contributed by atoms with Crippen molar-refractivity contribution in [1.82, 2.24) is 9.13 Å². The SMILES string of the molecule is c1ccc(-c2ccc3c(c2)c2cc(-c4ccc5c6cc(-c7ccccc7)ccc6n(-c6cccc7c6oc6ccccc67)c5c4)ccc2n3-c2ccccc2)cc1. The normalized spacial score (nSPS) is 11.9. The van der Waals surface area contributed by atoms with Crippen molar-refractivity contribution in [2.45, 2.75) is 0 Å². The van der Waals surface area contributed by atoms with Gasteiger partial charge in [0.25, 0.3) is 0 Å². The molecule has 0 aliphatic heterocycles. The number of furan rings is 1. The van der Waals surface area contributed by atoms with E-state index in [9.17, 15) is 0 Å². The maximum atomic E-state index is 6.66. The molecule has 0 saturated heterocycles. The molecule has 0 bridgehead atoms. The van der Waals surface area contributed by atoms with Crippen LogP contribution < -0.4 is 0 Å². The summed E-state index contributed by atoms with van der Waals surface area (Å²) in [5.41, 5.74) is 15.8. The van der Waals surface area contributed by atoms with Gasteiger partial charge in [-0.05, 0) is 100 Å². The molecule has 3 nitrogen and oxygen atoms in total. The Morgan fingerprint density at radius 3 is 1.42 bits per heavy atom. The van der Waals surface area contributed by atoms with Crippen molar-refractivity contribution in [1.29, 1.82) is 0 Å². The van der Waals surface area contributed by atoms with Crippen LogP contribution in [0.3, 0.4) is 0 Å². The maximum Gasteiger partial charge on any atom is 0.159 e. The number of hydrogen-bond donors (Lipinski definition) is 0. The number of nitrogens with zero attached hydrogens (tertiary/aromatic N) is 2. The Morgan fingerprint density at radius 2 is 0.772 bits per heavy atom. The molecule has 0 aliphatic rings. The number of rotatable bonds is 5. The fourth-order valence-electron chi connectivity index (χ4n) is 9.05. The smallest absolute Gasteiger partial charge is 0.159 e. The second kappa shape index (κ2) is 12.5. The van der Waals surface area contributed by atoms with Crippen LogP contribution >= 0.6 is 0 Å². The van der Waals surface area contributed by atoms with Gasteiger partial charge in [0.05, 0.1) is 27.8 Å². The monoisotopic (exact) mass is 726 g/mol. The van der Waals surface area contributed by atoms with Gasteiger partial charge < -0.3 is 13.6 Å². The molecule has 0 saturated carbocycles. The molecule has 9 aromatic carbocycles. The Labute approximate surface area is 328 Å². The second-order valence-corrected chi connectivity index (χ2v) is 14.9. The van der Waals surface area contributed by atoms with Crippen LogP contribution in [0.15, 0.2) is 211 Å². The average molecular weight is 727 g/mol. The molecule has 3 aromatic heterocycles. The van der Waals surface area contributed by atoms with Crippen LogP contribution in [0.4, 0.5) is 0 Å². The summed E-state index contributed by atoms with van der Waals surface area (Å²) in [6.07, 6.45) is 0. The van der Waals surface area contributed by atoms with Gasteiger partial charge in [0.2, 0.25) is 0 Å². The Hall–Kier alpha value is -7.62. The maximum absolute atomic E-state index is 6.66. The third-order valence-electron chi connectivity index (χ3n) is 11.7. The van der Waals surface area contributed by atoms with Crippen molar-refractivity contribution >= 4 is 65.6 Å². The Morgan fingerprint density at radius 1 is 0.281 bits per heavy atom. The van der Waals surface area contributed by atoms with E-state index in [-0.39, 0.29) is 0 Å². The van der Waals surface area contributed by atoms with Gasteiger partial charge in [-0.1, -0.05) is 140 Å². The van der Waals surface area contributed by atoms with E-state index < -0.39 is 0 Å². The summed E-state index contributed by atoms with van der Waals surface area (Å²) < 4.78 is 11.5. The van der Waals surface area contributed by atoms with E-state index in [0.29, 0.717) is 0 Å². The Balaban J connectivity index is 1.11. The zero-order valence-corrected chi connectivity index (χ0v) is 30.9. The first-order valence-corrected chi connectivity index (χ1v) is 19.5. The van der Waals surface area contributed by atoms with E-state index >= 15 is 0 Å². The summed E-state index contributed by atoms with van der Waals surface area (Å²) in [7, 11) is 0. The lowest BCUT2D eigenvalue weighted by Gasteiger charge is -2.10. The van der Waals surface area contributed by atoms with Gasteiger partial charge >= 0.3 is 0 Å². The summed E-state index contributed by atoms with van der Waals surface area (Å²) in [4.78, 5) is 0. The molecule has 0 radical (unpaired) electrons. The minimum Gasteiger partial charge on any atom is -0.454 e. The average Bonchev–Trinajstić information content (AvgIpc) is 3.94. The van der Waals surface area contributed by atoms with Crippen LogP contribution in [0, 0.1) is 0 Å². The fraction of sp³-hybridized carbons (Fsp3) is 0. The molecule has 0 amide bonds. The van der Waals surface area contributed by atoms with E-state index in [1.165, 1.54) is 60.4 Å². The summed E-state index contributed by atoms with van der Waals surface area (Å²) in [6, 6.07) is 74.5. The van der Waals surface area contributed by atoms with Gasteiger partial charge in [0, 0.05) is 38.0 Å². The quantitative estimate of drug-likeness (QED) is 0.173. The van der Waals surface area contributed by atoms with E-state index in [2.05, 4.69) is 209 Å². The van der Waals surface area contributed by atoms with Crippen molar-refractivity contribution in [3.8, 4) is 44.8 Å². The van der Waals surface area contributed by atoms with Crippen LogP contribution in [-0.4, -0.2) is 9.13 Å². The van der Waals surface area contributed by atoms with Crippen LogP contribution in [0.2, 0.25) is 0 Å². The molecule has 12 aromatic rings. The highest BCUT2D eigenvalue weighted by atomic mass is 16.3. The highest BCUT2D eigenvalue weighted by Crippen LogP contribution is 2.42. The lowest BCUT2D eigenvalue weighted by molar-refractivity contribution is 0.666. The minimum atomic E-state index is 0.888. The molecule has 0 N–H and O–H groups in total. The summed E-state index contributed by atoms with van der Waals surface area (Å²) >= 11 is 0. The van der Waals surface area contributed by atoms with Crippen LogP contribution in [0.1, 0.15) is 0 Å². The fourth-order valence-corrected chi connectivity index (χ4v) is 9.05. The van der Waals surface area contributed by atoms with Gasteiger partial charge in [-0.2, -0.15) is 0 Å². The molecule has 266 valence electrons. The summed E-state index contributed by atoms with van der Waals surface area (Å²) in [5.74, 6) is 0. The number of aromatic nitrogens is 2. The third-order valence-corrected chi connectivity index (χ3v) is 11.7. The molecule has 0 atom stereocenters. The Kier molecular flexibility index (Phi) is 6.93. The topological polar surface area (TPSA) is 23.0 Å². The van der Waals surface area contributed by atoms with Crippen LogP contribution in [0.5, 0.6) is 0 Å². The molecular weight excluding hydrogens is 693 g/mol. The van der Waals surface area contributed by atoms with Gasteiger partial charge in [-0.25, -0.2) is 0 Å². The zero-order chi connectivity index (χ0) is 37.5. The van der Waals surface area contributed by atoms with Crippen molar-refractivity contribution in [3.63, 3.8) is 0 Å². The van der Waals surface area contributed by atoms with Crippen molar-refractivity contribution in [2.24, 2.45) is 0 Å². The molecule has 12 rings (SSSR count). The molecule has 0 fully saturated rings. The molecule has 57 heavy (non-hydrogen) atoms. The van der Waals surface area contributed by atoms with Crippen molar-refractivity contribution < 1.29 is 4.42 Å². The predicted molar refractivity (Wildman–Crippen MR) is 239 cm³/mol. The van der Waals surface area contributed by atoms with E-state index in [1.54, 1.807) is 0 Å². The highest BCUT2D eigenvalue weighted by Gasteiger charge is 2.20. The largest absolute Gasteiger partial charge is 0.454 e. The van der Waals surface area contributed by atoms with Crippen LogP contribution in [0.25, 0.3) is 110 Å². The lowest BCUT2D eigenvalue weighted by atomic mass is 9.99. The molecule has 0 aliphatic carbocycles. The molecule has 3 heteroatoms. The molecule has 0 unspecified atom stereocenters.